The molecule has 0 amide bonds. The lowest BCUT2D eigenvalue weighted by atomic mass is 9.30. The first-order valence-electron chi connectivity index (χ1n) is 27.1. The summed E-state index contributed by atoms with van der Waals surface area (Å²) in [6, 6.07) is 0. The summed E-state index contributed by atoms with van der Waals surface area (Å²) in [5.74, 6) is -2.22. The van der Waals surface area contributed by atoms with Gasteiger partial charge in [-0.3, -0.25) is 9.59 Å². The molecule has 21 nitrogen and oxygen atoms in total. The predicted octanol–water partition coefficient (Wildman–Crippen LogP) is 1.05. The van der Waals surface area contributed by atoms with Crippen LogP contribution in [0.1, 0.15) is 127 Å². The molecule has 9 aliphatic rings. The van der Waals surface area contributed by atoms with E-state index < -0.39 is 174 Å². The van der Waals surface area contributed by atoms with Crippen LogP contribution in [0.15, 0.2) is 11.6 Å². The maximum Gasteiger partial charge on any atom is 0.333 e. The van der Waals surface area contributed by atoms with Crippen LogP contribution in [0, 0.1) is 50.2 Å². The second kappa shape index (κ2) is 20.0. The molecule has 2 bridgehead atoms. The zero-order chi connectivity index (χ0) is 54.9. The lowest BCUT2D eigenvalue weighted by Crippen LogP contribution is -2.76. The van der Waals surface area contributed by atoms with E-state index in [2.05, 4.69) is 48.5 Å². The maximum atomic E-state index is 15.6. The molecule has 9 fully saturated rings. The largest absolute Gasteiger partial charge is 0.463 e. The minimum absolute atomic E-state index is 0.0648. The van der Waals surface area contributed by atoms with Gasteiger partial charge in [-0.1, -0.05) is 54.5 Å². The van der Waals surface area contributed by atoms with Gasteiger partial charge in [0.25, 0.3) is 0 Å². The highest BCUT2D eigenvalue weighted by molar-refractivity contribution is 5.89. The number of hydrogen-bond donors (Lipinski definition) is 9. The van der Waals surface area contributed by atoms with Crippen LogP contribution in [0.4, 0.5) is 0 Å². The molecular formula is C54H84O21. The average Bonchev–Trinajstić information content (AvgIpc) is 3.57. The number of aliphatic hydroxyl groups is 9. The van der Waals surface area contributed by atoms with Crippen molar-refractivity contribution < 1.29 is 103 Å². The van der Waals surface area contributed by atoms with Gasteiger partial charge < -0.3 is 88.6 Å². The summed E-state index contributed by atoms with van der Waals surface area (Å²) in [6.45, 7) is 18.6. The van der Waals surface area contributed by atoms with Gasteiger partial charge in [0.1, 0.15) is 90.9 Å². The Labute approximate surface area is 438 Å². The fourth-order valence-corrected chi connectivity index (χ4v) is 17.0. The molecule has 4 saturated heterocycles. The van der Waals surface area contributed by atoms with Crippen molar-refractivity contribution in [2.45, 2.75) is 237 Å². The number of ether oxygens (including phenoxy) is 9. The van der Waals surface area contributed by atoms with Gasteiger partial charge in [0.05, 0.1) is 25.4 Å². The Bertz CT molecular complexity index is 2190. The normalized spacial score (nSPS) is 52.0. The SMILES string of the molecule is CC=C(C)C(=O)OC1CC2(C)C3(C)CCC4C(C)(C)C(OC5OCC(O)C(O)C5OC5OC(CO)C(O)C(O)C5O)CCC4(C)C3CCC23OC(=O)C12C(OC1OC(COC(C)=O)C(O)C(O)C1O)CC(C)(C)CC23. The molecule has 25 unspecified atom stereocenters. The number of rotatable bonds is 11. The van der Waals surface area contributed by atoms with Crippen LogP contribution in [0.2, 0.25) is 0 Å². The number of carbonyl (C=O) groups is 3. The van der Waals surface area contributed by atoms with E-state index in [9.17, 15) is 55.5 Å². The third-order valence-corrected chi connectivity index (χ3v) is 21.2. The second-order valence-electron chi connectivity index (χ2n) is 25.8. The first-order valence-corrected chi connectivity index (χ1v) is 27.1. The third-order valence-electron chi connectivity index (χ3n) is 21.2. The van der Waals surface area contributed by atoms with Crippen molar-refractivity contribution in [1.82, 2.24) is 0 Å². The van der Waals surface area contributed by atoms with Gasteiger partial charge in [-0.15, -0.1) is 0 Å². The van der Waals surface area contributed by atoms with Crippen LogP contribution in [-0.2, 0) is 57.0 Å². The molecule has 426 valence electrons. The fraction of sp³-hybridized carbons (Fsp3) is 0.907. The molecule has 5 aliphatic carbocycles. The highest BCUT2D eigenvalue weighted by Gasteiger charge is 2.86. The van der Waals surface area contributed by atoms with Gasteiger partial charge in [-0.2, -0.15) is 0 Å². The van der Waals surface area contributed by atoms with Crippen LogP contribution in [0.25, 0.3) is 0 Å². The second-order valence-corrected chi connectivity index (χ2v) is 25.8. The molecule has 4 heterocycles. The number of hydrogen-bond acceptors (Lipinski definition) is 21. The minimum atomic E-state index is -1.77. The number of esters is 3. The summed E-state index contributed by atoms with van der Waals surface area (Å²) in [5, 5.41) is 97.0. The predicted molar refractivity (Wildman–Crippen MR) is 258 cm³/mol. The molecule has 0 aromatic heterocycles. The van der Waals surface area contributed by atoms with E-state index in [1.54, 1.807) is 19.9 Å². The zero-order valence-corrected chi connectivity index (χ0v) is 45.0. The van der Waals surface area contributed by atoms with Crippen molar-refractivity contribution in [2.24, 2.45) is 50.2 Å². The van der Waals surface area contributed by atoms with E-state index in [1.807, 2.05) is 0 Å². The monoisotopic (exact) mass is 1070 g/mol. The maximum absolute atomic E-state index is 15.6. The number of carbonyl (C=O) groups excluding carboxylic acids is 3. The van der Waals surface area contributed by atoms with Gasteiger partial charge in [-0.05, 0) is 105 Å². The molecule has 4 aliphatic heterocycles. The third kappa shape index (κ3) is 8.69. The zero-order valence-electron chi connectivity index (χ0n) is 45.0. The summed E-state index contributed by atoms with van der Waals surface area (Å²) in [7, 11) is 0. The number of allylic oxidation sites excluding steroid dienone is 1. The van der Waals surface area contributed by atoms with Crippen molar-refractivity contribution in [1.29, 1.82) is 0 Å². The Balaban J connectivity index is 1.02. The molecule has 5 saturated carbocycles. The standard InChI is InChI=1S/C54H84O21/c1-11-24(2)43(65)71-34-20-52(10)51(9)16-12-29-49(6,7)32(72-46-42(35(58)26(57)22-68-46)74-45-41(64)38(61)36(59)27(21-55)69-45)14-15-50(29,8)30(51)13-17-53(52)31-18-48(4,5)19-33(54(31,34)47(66)75-53)73-44-40(63)39(62)37(60)28(70-44)23-67-25(3)56/h11,26-42,44-46,55,57-64H,12-23H2,1-10H3. The molecule has 75 heavy (non-hydrogen) atoms. The minimum Gasteiger partial charge on any atom is -0.463 e. The molecule has 0 aromatic carbocycles. The fourth-order valence-electron chi connectivity index (χ4n) is 17.0. The van der Waals surface area contributed by atoms with Crippen molar-refractivity contribution in [3.63, 3.8) is 0 Å². The smallest absolute Gasteiger partial charge is 0.333 e. The van der Waals surface area contributed by atoms with Crippen LogP contribution in [0.3, 0.4) is 0 Å². The van der Waals surface area contributed by atoms with Crippen LogP contribution in [0.5, 0.6) is 0 Å². The van der Waals surface area contributed by atoms with Gasteiger partial charge in [-0.25, -0.2) is 4.79 Å². The van der Waals surface area contributed by atoms with E-state index in [0.29, 0.717) is 44.1 Å². The van der Waals surface area contributed by atoms with Gasteiger partial charge in [0.2, 0.25) is 0 Å². The Hall–Kier alpha value is -2.45. The number of aliphatic hydroxyl groups excluding tert-OH is 9. The lowest BCUT2D eigenvalue weighted by molar-refractivity contribution is -0.368. The van der Waals surface area contributed by atoms with E-state index in [4.69, 9.17) is 42.6 Å². The molecule has 0 radical (unpaired) electrons. The Kier molecular flexibility index (Phi) is 15.2. The van der Waals surface area contributed by atoms with Crippen LogP contribution >= 0.6 is 0 Å². The Morgan fingerprint density at radius 3 is 1.92 bits per heavy atom. The van der Waals surface area contributed by atoms with Crippen molar-refractivity contribution in [2.75, 3.05) is 19.8 Å². The van der Waals surface area contributed by atoms with E-state index in [-0.39, 0.29) is 36.7 Å². The molecule has 25 atom stereocenters. The first-order chi connectivity index (χ1) is 35.0. The highest BCUT2D eigenvalue weighted by atomic mass is 16.8. The summed E-state index contributed by atoms with van der Waals surface area (Å²) < 4.78 is 56.3. The average molecular weight is 1070 g/mol. The van der Waals surface area contributed by atoms with Crippen LogP contribution in [-0.4, -0.2) is 194 Å². The lowest BCUT2D eigenvalue weighted by Gasteiger charge is -2.74. The summed E-state index contributed by atoms with van der Waals surface area (Å²) >= 11 is 0. The molecular weight excluding hydrogens is 985 g/mol. The summed E-state index contributed by atoms with van der Waals surface area (Å²) in [6.07, 6.45) is -17.7. The van der Waals surface area contributed by atoms with Crippen molar-refractivity contribution >= 4 is 17.9 Å². The van der Waals surface area contributed by atoms with Gasteiger partial charge in [0, 0.05) is 23.8 Å². The molecule has 9 N–H and O–H groups in total. The first kappa shape index (κ1) is 57.2. The number of fused-ring (bicyclic) bond motifs is 4. The van der Waals surface area contributed by atoms with E-state index in [0.717, 1.165) is 6.42 Å². The Morgan fingerprint density at radius 1 is 0.667 bits per heavy atom. The van der Waals surface area contributed by atoms with Crippen molar-refractivity contribution in [3.8, 4) is 0 Å². The molecule has 1 spiro atoms. The van der Waals surface area contributed by atoms with E-state index in [1.165, 1.54) is 6.92 Å². The molecule has 9 rings (SSSR count). The van der Waals surface area contributed by atoms with Gasteiger partial charge >= 0.3 is 17.9 Å². The van der Waals surface area contributed by atoms with Gasteiger partial charge in [0.15, 0.2) is 18.9 Å². The topological polar surface area (TPSA) is 316 Å². The Morgan fingerprint density at radius 2 is 1.28 bits per heavy atom. The summed E-state index contributed by atoms with van der Waals surface area (Å²) in [4.78, 5) is 41.5. The highest BCUT2D eigenvalue weighted by Crippen LogP contribution is 2.81. The quantitative estimate of drug-likeness (QED) is 0.0604. The van der Waals surface area contributed by atoms with E-state index >= 15 is 4.79 Å². The summed E-state index contributed by atoms with van der Waals surface area (Å²) in [5.41, 5.74) is -4.90. The van der Waals surface area contributed by atoms with Crippen molar-refractivity contribution in [3.05, 3.63) is 11.6 Å². The van der Waals surface area contributed by atoms with Crippen LogP contribution < -0.4 is 0 Å². The molecule has 21 heteroatoms. The molecule has 0 aromatic rings.